The highest BCUT2D eigenvalue weighted by Crippen LogP contribution is 2.14. The number of benzene rings is 2. The van der Waals surface area contributed by atoms with Crippen LogP contribution in [0.3, 0.4) is 0 Å². The summed E-state index contributed by atoms with van der Waals surface area (Å²) in [7, 11) is 0. The number of nitrogens with one attached hydrogen (secondary N) is 3. The Hall–Kier alpha value is -3.39. The van der Waals surface area contributed by atoms with Gasteiger partial charge in [0, 0.05) is 35.7 Å². The summed E-state index contributed by atoms with van der Waals surface area (Å²) < 4.78 is 5.50. The Labute approximate surface area is 168 Å². The normalized spacial score (nSPS) is 15.5. The van der Waals surface area contributed by atoms with Gasteiger partial charge < -0.3 is 26.4 Å². The number of hydrogen-bond donors (Lipinski definition) is 4. The summed E-state index contributed by atoms with van der Waals surface area (Å²) >= 11 is 0. The number of primary amides is 1. The van der Waals surface area contributed by atoms with E-state index in [1.165, 1.54) is 0 Å². The van der Waals surface area contributed by atoms with Crippen LogP contribution in [0.4, 0.5) is 11.4 Å². The van der Waals surface area contributed by atoms with E-state index in [1.807, 2.05) is 0 Å². The molecule has 1 aliphatic rings. The third-order valence-electron chi connectivity index (χ3n) is 4.52. The van der Waals surface area contributed by atoms with Crippen LogP contribution in [0.15, 0.2) is 48.5 Å². The lowest BCUT2D eigenvalue weighted by Gasteiger charge is -2.12. The Morgan fingerprint density at radius 1 is 1.03 bits per heavy atom. The first kappa shape index (κ1) is 20.3. The van der Waals surface area contributed by atoms with Crippen molar-refractivity contribution in [3.8, 4) is 0 Å². The lowest BCUT2D eigenvalue weighted by Crippen LogP contribution is -2.31. The van der Waals surface area contributed by atoms with Crippen LogP contribution in [0, 0.1) is 0 Å². The molecule has 3 rings (SSSR count). The maximum atomic E-state index is 12.3. The van der Waals surface area contributed by atoms with E-state index in [1.54, 1.807) is 48.5 Å². The molecule has 1 heterocycles. The molecule has 0 radical (unpaired) electrons. The van der Waals surface area contributed by atoms with Crippen LogP contribution in [0.5, 0.6) is 0 Å². The van der Waals surface area contributed by atoms with E-state index in [9.17, 15) is 14.4 Å². The Bertz CT molecular complexity index is 894. The first-order valence-electron chi connectivity index (χ1n) is 9.45. The summed E-state index contributed by atoms with van der Waals surface area (Å²) in [6, 6.07) is 13.3. The highest BCUT2D eigenvalue weighted by Gasteiger charge is 2.17. The third kappa shape index (κ3) is 6.05. The number of ether oxygens (including phenoxy) is 1. The highest BCUT2D eigenvalue weighted by atomic mass is 16.5. The van der Waals surface area contributed by atoms with Crippen molar-refractivity contribution in [3.63, 3.8) is 0 Å². The number of nitrogens with two attached hydrogens (primary N) is 1. The standard InChI is InChI=1S/C21H24N4O4/c22-20(27)14-4-1-6-16(10-14)23-13-19(26)25-17-7-2-5-15(11-17)21(28)24-12-18-8-3-9-29-18/h1-2,4-7,10-11,18,23H,3,8-9,12-13H2,(H2,22,27)(H,24,28)(H,25,26). The molecule has 5 N–H and O–H groups in total. The molecule has 0 saturated carbocycles. The molecule has 1 unspecified atom stereocenters. The maximum absolute atomic E-state index is 12.3. The van der Waals surface area contributed by atoms with Crippen LogP contribution in [-0.4, -0.2) is 43.5 Å². The summed E-state index contributed by atoms with van der Waals surface area (Å²) in [6.45, 7) is 1.21. The van der Waals surface area contributed by atoms with Crippen molar-refractivity contribution in [2.75, 3.05) is 30.3 Å². The third-order valence-corrected chi connectivity index (χ3v) is 4.52. The van der Waals surface area contributed by atoms with Gasteiger partial charge in [-0.1, -0.05) is 12.1 Å². The maximum Gasteiger partial charge on any atom is 0.251 e. The smallest absolute Gasteiger partial charge is 0.251 e. The molecule has 8 nitrogen and oxygen atoms in total. The minimum atomic E-state index is -0.535. The van der Waals surface area contributed by atoms with Crippen LogP contribution < -0.4 is 21.7 Å². The Balaban J connectivity index is 1.51. The fourth-order valence-corrected chi connectivity index (χ4v) is 3.02. The molecule has 2 aromatic carbocycles. The van der Waals surface area contributed by atoms with Crippen molar-refractivity contribution >= 4 is 29.1 Å². The predicted octanol–water partition coefficient (Wildman–Crippen LogP) is 1.74. The van der Waals surface area contributed by atoms with Gasteiger partial charge in [0.05, 0.1) is 12.6 Å². The lowest BCUT2D eigenvalue weighted by atomic mass is 10.1. The molecule has 2 aromatic rings. The zero-order valence-electron chi connectivity index (χ0n) is 15.9. The van der Waals surface area contributed by atoms with Gasteiger partial charge in [0.2, 0.25) is 11.8 Å². The molecule has 152 valence electrons. The van der Waals surface area contributed by atoms with E-state index >= 15 is 0 Å². The first-order valence-corrected chi connectivity index (χ1v) is 9.45. The van der Waals surface area contributed by atoms with Crippen LogP contribution in [0.1, 0.15) is 33.6 Å². The molecular weight excluding hydrogens is 372 g/mol. The van der Waals surface area contributed by atoms with Crippen molar-refractivity contribution in [3.05, 3.63) is 59.7 Å². The topological polar surface area (TPSA) is 123 Å². The monoisotopic (exact) mass is 396 g/mol. The van der Waals surface area contributed by atoms with Gasteiger partial charge in [-0.05, 0) is 49.2 Å². The molecule has 0 aliphatic carbocycles. The van der Waals surface area contributed by atoms with Crippen LogP contribution in [0.2, 0.25) is 0 Å². The van der Waals surface area contributed by atoms with Crippen molar-refractivity contribution < 1.29 is 19.1 Å². The summed E-state index contributed by atoms with van der Waals surface area (Å²) in [5.41, 5.74) is 7.20. The van der Waals surface area contributed by atoms with Gasteiger partial charge >= 0.3 is 0 Å². The predicted molar refractivity (Wildman–Crippen MR) is 110 cm³/mol. The number of anilines is 2. The first-order chi connectivity index (χ1) is 14.0. The molecule has 29 heavy (non-hydrogen) atoms. The van der Waals surface area contributed by atoms with Gasteiger partial charge in [-0.3, -0.25) is 14.4 Å². The number of rotatable bonds is 8. The Morgan fingerprint density at radius 2 is 1.76 bits per heavy atom. The van der Waals surface area contributed by atoms with Gasteiger partial charge in [-0.25, -0.2) is 0 Å². The number of carbonyl (C=O) groups is 3. The summed E-state index contributed by atoms with van der Waals surface area (Å²) in [6.07, 6.45) is 2.04. The molecule has 1 aliphatic heterocycles. The average Bonchev–Trinajstić information content (AvgIpc) is 3.24. The number of hydrogen-bond acceptors (Lipinski definition) is 5. The quantitative estimate of drug-likeness (QED) is 0.541. The van der Waals surface area contributed by atoms with E-state index in [-0.39, 0.29) is 24.5 Å². The number of carbonyl (C=O) groups excluding carboxylic acids is 3. The summed E-state index contributed by atoms with van der Waals surface area (Å²) in [5, 5.41) is 8.54. The zero-order chi connectivity index (χ0) is 20.6. The summed E-state index contributed by atoms with van der Waals surface area (Å²) in [4.78, 5) is 35.7. The van der Waals surface area contributed by atoms with Crippen LogP contribution in [0.25, 0.3) is 0 Å². The van der Waals surface area contributed by atoms with Gasteiger partial charge in [0.1, 0.15) is 0 Å². The highest BCUT2D eigenvalue weighted by molar-refractivity contribution is 5.98. The van der Waals surface area contributed by atoms with Gasteiger partial charge in [-0.2, -0.15) is 0 Å². The molecule has 1 atom stereocenters. The van der Waals surface area contributed by atoms with E-state index in [2.05, 4.69) is 16.0 Å². The van der Waals surface area contributed by atoms with Gasteiger partial charge in [0.25, 0.3) is 5.91 Å². The van der Waals surface area contributed by atoms with Crippen LogP contribution in [-0.2, 0) is 9.53 Å². The fraction of sp³-hybridized carbons (Fsp3) is 0.286. The second-order valence-corrected chi connectivity index (χ2v) is 6.77. The van der Waals surface area contributed by atoms with E-state index in [0.717, 1.165) is 19.4 Å². The number of amides is 3. The van der Waals surface area contributed by atoms with Crippen molar-refractivity contribution in [2.24, 2.45) is 5.73 Å². The second kappa shape index (κ2) is 9.70. The van der Waals surface area contributed by atoms with Gasteiger partial charge in [0.15, 0.2) is 0 Å². The van der Waals surface area contributed by atoms with E-state index < -0.39 is 5.91 Å². The molecule has 0 spiro atoms. The average molecular weight is 396 g/mol. The molecule has 8 heteroatoms. The molecule has 1 fully saturated rings. The largest absolute Gasteiger partial charge is 0.376 e. The Kier molecular flexibility index (Phi) is 6.80. The second-order valence-electron chi connectivity index (χ2n) is 6.77. The molecule has 1 saturated heterocycles. The Morgan fingerprint density at radius 3 is 2.48 bits per heavy atom. The molecule has 3 amide bonds. The lowest BCUT2D eigenvalue weighted by molar-refractivity contribution is -0.114. The van der Waals surface area contributed by atoms with Crippen molar-refractivity contribution in [1.29, 1.82) is 0 Å². The zero-order valence-corrected chi connectivity index (χ0v) is 15.9. The van der Waals surface area contributed by atoms with E-state index in [0.29, 0.717) is 29.0 Å². The minimum absolute atomic E-state index is 0.00232. The SMILES string of the molecule is NC(=O)c1cccc(NCC(=O)Nc2cccc(C(=O)NCC3CCCO3)c2)c1. The minimum Gasteiger partial charge on any atom is -0.376 e. The molecule has 0 bridgehead atoms. The van der Waals surface area contributed by atoms with Gasteiger partial charge in [-0.15, -0.1) is 0 Å². The fourth-order valence-electron chi connectivity index (χ4n) is 3.02. The van der Waals surface area contributed by atoms with E-state index in [4.69, 9.17) is 10.5 Å². The van der Waals surface area contributed by atoms with Crippen molar-refractivity contribution in [2.45, 2.75) is 18.9 Å². The molecular formula is C21H24N4O4. The summed E-state index contributed by atoms with van der Waals surface area (Å²) in [5.74, 6) is -1.03. The van der Waals surface area contributed by atoms with Crippen molar-refractivity contribution in [1.82, 2.24) is 5.32 Å². The van der Waals surface area contributed by atoms with Crippen LogP contribution >= 0.6 is 0 Å². The molecule has 0 aromatic heterocycles.